The van der Waals surface area contributed by atoms with Crippen LogP contribution in [0.15, 0.2) is 12.1 Å². The molecule has 0 saturated heterocycles. The van der Waals surface area contributed by atoms with E-state index in [0.717, 1.165) is 4.90 Å². The quantitative estimate of drug-likeness (QED) is 0.782. The maximum absolute atomic E-state index is 14.3. The summed E-state index contributed by atoms with van der Waals surface area (Å²) in [6, 6.07) is 2.89. The first kappa shape index (κ1) is 13.7. The molecule has 0 aromatic heterocycles. The Morgan fingerprint density at radius 3 is 2.75 bits per heavy atom. The second-order valence-corrected chi connectivity index (χ2v) is 6.33. The zero-order valence-electron chi connectivity index (χ0n) is 10.2. The van der Waals surface area contributed by atoms with Gasteiger partial charge < -0.3 is 10.0 Å². The van der Waals surface area contributed by atoms with E-state index in [4.69, 9.17) is 5.11 Å². The van der Waals surface area contributed by atoms with Crippen LogP contribution in [0.3, 0.4) is 0 Å². The predicted octanol–water partition coefficient (Wildman–Crippen LogP) is 1.95. The molecule has 1 aromatic rings. The standard InChI is InChI=1S/C13H10F2INO3/c14-8-3-13(8)5-17(4-9(18)19)12(20)6-1-2-7(16)11(15)10(6)13/h1-2,8H,3-5H2,(H,18,19)/t8-,13+/m0/s1. The molecule has 0 unspecified atom stereocenters. The summed E-state index contributed by atoms with van der Waals surface area (Å²) >= 11 is 1.80. The number of carboxylic acids is 1. The van der Waals surface area contributed by atoms with Crippen LogP contribution in [0.5, 0.6) is 0 Å². The molecular weight excluding hydrogens is 383 g/mol. The third-order valence-electron chi connectivity index (χ3n) is 3.89. The van der Waals surface area contributed by atoms with Gasteiger partial charge in [-0.05, 0) is 41.1 Å². The van der Waals surface area contributed by atoms with Crippen molar-refractivity contribution in [2.45, 2.75) is 18.0 Å². The van der Waals surface area contributed by atoms with Crippen LogP contribution in [0.1, 0.15) is 22.3 Å². The van der Waals surface area contributed by atoms with E-state index < -0.39 is 35.8 Å². The smallest absolute Gasteiger partial charge is 0.323 e. The molecule has 1 N–H and O–H groups in total. The lowest BCUT2D eigenvalue weighted by atomic mass is 9.85. The topological polar surface area (TPSA) is 57.6 Å². The van der Waals surface area contributed by atoms with Gasteiger partial charge in [0.05, 0.1) is 5.41 Å². The zero-order valence-corrected chi connectivity index (χ0v) is 12.4. The van der Waals surface area contributed by atoms with E-state index in [1.807, 2.05) is 0 Å². The minimum Gasteiger partial charge on any atom is -0.480 e. The predicted molar refractivity (Wildman–Crippen MR) is 73.8 cm³/mol. The Morgan fingerprint density at radius 2 is 2.20 bits per heavy atom. The van der Waals surface area contributed by atoms with Crippen molar-refractivity contribution in [3.8, 4) is 0 Å². The molecule has 2 atom stereocenters. The van der Waals surface area contributed by atoms with Gasteiger partial charge in [0.2, 0.25) is 0 Å². The molecule has 3 rings (SSSR count). The summed E-state index contributed by atoms with van der Waals surface area (Å²) in [7, 11) is 0. The van der Waals surface area contributed by atoms with E-state index in [2.05, 4.69) is 0 Å². The number of carbonyl (C=O) groups excluding carboxylic acids is 1. The first-order valence-corrected chi connectivity index (χ1v) is 7.08. The number of carbonyl (C=O) groups is 2. The van der Waals surface area contributed by atoms with Gasteiger partial charge in [0.15, 0.2) is 0 Å². The molecule has 106 valence electrons. The monoisotopic (exact) mass is 393 g/mol. The maximum atomic E-state index is 14.3. The molecule has 0 bridgehead atoms. The molecule has 1 spiro atoms. The largest absolute Gasteiger partial charge is 0.480 e. The van der Waals surface area contributed by atoms with Crippen LogP contribution in [0, 0.1) is 9.39 Å². The van der Waals surface area contributed by atoms with Crippen molar-refractivity contribution in [2.24, 2.45) is 0 Å². The average molecular weight is 393 g/mol. The molecule has 1 aliphatic carbocycles. The van der Waals surface area contributed by atoms with Crippen LogP contribution < -0.4 is 0 Å². The number of benzene rings is 1. The summed E-state index contributed by atoms with van der Waals surface area (Å²) < 4.78 is 28.5. The Labute approximate surface area is 126 Å². The Kier molecular flexibility index (Phi) is 3.00. The van der Waals surface area contributed by atoms with Gasteiger partial charge in [-0.3, -0.25) is 9.59 Å². The summed E-state index contributed by atoms with van der Waals surface area (Å²) in [5, 5.41) is 8.82. The second kappa shape index (κ2) is 4.37. The van der Waals surface area contributed by atoms with Crippen molar-refractivity contribution in [3.05, 3.63) is 32.6 Å². The van der Waals surface area contributed by atoms with Gasteiger partial charge in [0.1, 0.15) is 18.5 Å². The highest BCUT2D eigenvalue weighted by Crippen LogP contribution is 2.55. The Balaban J connectivity index is 2.13. The molecule has 4 nitrogen and oxygen atoms in total. The Morgan fingerprint density at radius 1 is 1.55 bits per heavy atom. The van der Waals surface area contributed by atoms with Gasteiger partial charge in [0, 0.05) is 21.2 Å². The van der Waals surface area contributed by atoms with E-state index >= 15 is 0 Å². The van der Waals surface area contributed by atoms with E-state index in [1.54, 1.807) is 22.6 Å². The minimum absolute atomic E-state index is 0.0792. The van der Waals surface area contributed by atoms with E-state index in [9.17, 15) is 18.4 Å². The summed E-state index contributed by atoms with van der Waals surface area (Å²) in [5.74, 6) is -2.28. The number of halogens is 3. The van der Waals surface area contributed by atoms with Crippen LogP contribution in [0.25, 0.3) is 0 Å². The van der Waals surface area contributed by atoms with Gasteiger partial charge in [-0.2, -0.15) is 0 Å². The number of hydrogen-bond acceptors (Lipinski definition) is 2. The van der Waals surface area contributed by atoms with E-state index in [1.165, 1.54) is 12.1 Å². The normalized spacial score (nSPS) is 27.6. The first-order chi connectivity index (χ1) is 9.36. The van der Waals surface area contributed by atoms with E-state index in [0.29, 0.717) is 3.57 Å². The first-order valence-electron chi connectivity index (χ1n) is 6.00. The van der Waals surface area contributed by atoms with Crippen LogP contribution in [-0.2, 0) is 10.2 Å². The minimum atomic E-state index is -1.24. The molecule has 1 heterocycles. The number of hydrogen-bond donors (Lipinski definition) is 1. The summed E-state index contributed by atoms with van der Waals surface area (Å²) in [4.78, 5) is 24.1. The molecule has 1 fully saturated rings. The van der Waals surface area contributed by atoms with Crippen molar-refractivity contribution in [1.29, 1.82) is 0 Å². The van der Waals surface area contributed by atoms with Gasteiger partial charge in [0.25, 0.3) is 5.91 Å². The lowest BCUT2D eigenvalue weighted by Crippen LogP contribution is -2.47. The van der Waals surface area contributed by atoms with Crippen molar-refractivity contribution in [3.63, 3.8) is 0 Å². The van der Waals surface area contributed by atoms with Gasteiger partial charge in [-0.15, -0.1) is 0 Å². The molecular formula is C13H10F2INO3. The molecule has 1 aromatic carbocycles. The molecule has 1 saturated carbocycles. The Bertz CT molecular complexity index is 636. The summed E-state index contributed by atoms with van der Waals surface area (Å²) in [6.45, 7) is -0.580. The van der Waals surface area contributed by atoms with Crippen molar-refractivity contribution in [1.82, 2.24) is 4.90 Å². The average Bonchev–Trinajstić information content (AvgIpc) is 2.99. The second-order valence-electron chi connectivity index (χ2n) is 5.17. The fraction of sp³-hybridized carbons (Fsp3) is 0.385. The lowest BCUT2D eigenvalue weighted by molar-refractivity contribution is -0.137. The number of alkyl halides is 1. The van der Waals surface area contributed by atoms with Crippen LogP contribution in [-0.4, -0.2) is 41.1 Å². The molecule has 20 heavy (non-hydrogen) atoms. The highest BCUT2D eigenvalue weighted by Gasteiger charge is 2.62. The van der Waals surface area contributed by atoms with Crippen molar-refractivity contribution >= 4 is 34.5 Å². The fourth-order valence-electron chi connectivity index (χ4n) is 2.85. The van der Waals surface area contributed by atoms with Crippen LogP contribution >= 0.6 is 22.6 Å². The molecule has 1 amide bonds. The number of carboxylic acid groups (broad SMARTS) is 1. The van der Waals surface area contributed by atoms with Gasteiger partial charge in [-0.1, -0.05) is 0 Å². The SMILES string of the molecule is O=C(O)CN1C[C@@]2(C[C@@H]2F)c2c(ccc(I)c2F)C1=O. The molecule has 2 aliphatic rings. The van der Waals surface area contributed by atoms with Gasteiger partial charge in [-0.25, -0.2) is 8.78 Å². The number of amides is 1. The molecule has 0 radical (unpaired) electrons. The summed E-state index contributed by atoms with van der Waals surface area (Å²) in [6.07, 6.45) is -1.11. The fourth-order valence-corrected chi connectivity index (χ4v) is 3.30. The van der Waals surface area contributed by atoms with Crippen LogP contribution in [0.2, 0.25) is 0 Å². The van der Waals surface area contributed by atoms with Gasteiger partial charge >= 0.3 is 5.97 Å². The third kappa shape index (κ3) is 1.82. The maximum Gasteiger partial charge on any atom is 0.323 e. The number of aliphatic carboxylic acids is 1. The Hall–Kier alpha value is -1.25. The highest BCUT2D eigenvalue weighted by atomic mass is 127. The molecule has 1 aliphatic heterocycles. The zero-order chi connectivity index (χ0) is 14.7. The van der Waals surface area contributed by atoms with Crippen molar-refractivity contribution < 1.29 is 23.5 Å². The van der Waals surface area contributed by atoms with Crippen molar-refractivity contribution in [2.75, 3.05) is 13.1 Å². The number of rotatable bonds is 2. The van der Waals surface area contributed by atoms with E-state index in [-0.39, 0.29) is 24.1 Å². The lowest BCUT2D eigenvalue weighted by Gasteiger charge is -2.34. The summed E-state index contributed by atoms with van der Waals surface area (Å²) in [5.41, 5.74) is -0.872. The number of nitrogens with zero attached hydrogens (tertiary/aromatic N) is 1. The van der Waals surface area contributed by atoms with Crippen LogP contribution in [0.4, 0.5) is 8.78 Å². The molecule has 7 heteroatoms. The highest BCUT2D eigenvalue weighted by molar-refractivity contribution is 14.1. The third-order valence-corrected chi connectivity index (χ3v) is 4.73. The number of fused-ring (bicyclic) bond motifs is 2.